The van der Waals surface area contributed by atoms with Crippen molar-refractivity contribution in [1.29, 1.82) is 0 Å². The molecular weight excluding hydrogens is 494 g/mol. The van der Waals surface area contributed by atoms with E-state index >= 15 is 0 Å². The van der Waals surface area contributed by atoms with Crippen molar-refractivity contribution in [2.75, 3.05) is 20.6 Å². The van der Waals surface area contributed by atoms with Crippen molar-refractivity contribution in [2.24, 2.45) is 5.73 Å². The number of hydrogen-bond donors (Lipinski definition) is 2. The number of fused-ring (bicyclic) bond motifs is 1. The Morgan fingerprint density at radius 2 is 1.91 bits per heavy atom. The second kappa shape index (κ2) is 11.1. The van der Waals surface area contributed by atoms with Crippen LogP contribution in [0.2, 0.25) is 0 Å². The summed E-state index contributed by atoms with van der Waals surface area (Å²) in [4.78, 5) is 15.8. The molecule has 3 aromatic rings. The van der Waals surface area contributed by atoms with Crippen LogP contribution in [0, 0.1) is 6.92 Å². The summed E-state index contributed by atoms with van der Waals surface area (Å²) >= 11 is 0. The van der Waals surface area contributed by atoms with Crippen LogP contribution >= 0.6 is 24.8 Å². The van der Waals surface area contributed by atoms with E-state index in [9.17, 15) is 22.7 Å². The summed E-state index contributed by atoms with van der Waals surface area (Å²) < 4.78 is 42.2. The smallest absolute Gasteiger partial charge is 0.354 e. The van der Waals surface area contributed by atoms with Gasteiger partial charge in [-0.15, -0.1) is 24.8 Å². The van der Waals surface area contributed by atoms with E-state index in [-0.39, 0.29) is 48.5 Å². The maximum atomic E-state index is 14.3. The van der Waals surface area contributed by atoms with Crippen LogP contribution < -0.4 is 5.73 Å². The number of hydrogen-bond acceptors (Lipinski definition) is 5. The van der Waals surface area contributed by atoms with Crippen LogP contribution in [0.25, 0.3) is 22.2 Å². The molecule has 2 heterocycles. The zero-order valence-electron chi connectivity index (χ0n) is 18.1. The van der Waals surface area contributed by atoms with Gasteiger partial charge in [0, 0.05) is 31.9 Å². The summed E-state index contributed by atoms with van der Waals surface area (Å²) in [6.45, 7) is 1.69. The number of aromatic carboxylic acids is 1. The van der Waals surface area contributed by atoms with E-state index in [1.807, 2.05) is 0 Å². The summed E-state index contributed by atoms with van der Waals surface area (Å²) in [5, 5.41) is 9.37. The summed E-state index contributed by atoms with van der Waals surface area (Å²) in [5.41, 5.74) is 7.79. The molecule has 0 unspecified atom stereocenters. The Balaban J connectivity index is 0.00000272. The minimum atomic E-state index is -3.69. The average molecular weight is 519 g/mol. The number of nitrogens with zero attached hydrogens (tertiary/aromatic N) is 3. The monoisotopic (exact) mass is 518 g/mol. The van der Waals surface area contributed by atoms with Gasteiger partial charge in [-0.25, -0.2) is 26.9 Å². The second-order valence-corrected chi connectivity index (χ2v) is 9.27. The summed E-state index contributed by atoms with van der Waals surface area (Å²) in [7, 11) is -0.812. The molecule has 0 amide bonds. The first kappa shape index (κ1) is 28.5. The van der Waals surface area contributed by atoms with E-state index in [0.29, 0.717) is 27.9 Å². The number of carbonyl (C=O) groups is 1. The number of sulfonamides is 1. The molecule has 0 radical (unpaired) electrons. The Morgan fingerprint density at radius 1 is 1.24 bits per heavy atom. The zero-order valence-corrected chi connectivity index (χ0v) is 20.6. The highest BCUT2D eigenvalue weighted by Crippen LogP contribution is 2.35. The molecule has 0 fully saturated rings. The molecule has 3 N–H and O–H groups in total. The number of allylic oxidation sites excluding steroid dienone is 1. The van der Waals surface area contributed by atoms with Gasteiger partial charge in [0.25, 0.3) is 0 Å². The number of carboxylic acid groups (broad SMARTS) is 1. The van der Waals surface area contributed by atoms with Gasteiger partial charge in [0.2, 0.25) is 10.0 Å². The fraction of sp³-hybridized carbons (Fsp3) is 0.238. The van der Waals surface area contributed by atoms with Gasteiger partial charge in [-0.3, -0.25) is 0 Å². The van der Waals surface area contributed by atoms with Gasteiger partial charge < -0.3 is 15.4 Å². The standard InChI is InChI=1S/C21H23FN4O4S.2ClH/c1-13-19(14-5-4-6-16(11-14)31(29,30)25(2)3)20-18(8-7-17(24-20)21(27)28)26(13)12-15(22)9-10-23;;/h4-9,11H,10,12,23H2,1-3H3,(H,27,28);2*1H/b15-9-;;. The summed E-state index contributed by atoms with van der Waals surface area (Å²) in [6.07, 6.45) is 1.26. The van der Waals surface area contributed by atoms with Crippen LogP contribution in [0.3, 0.4) is 0 Å². The molecule has 1 aromatic carbocycles. The lowest BCUT2D eigenvalue weighted by Gasteiger charge is -2.12. The first-order valence-electron chi connectivity index (χ1n) is 9.38. The van der Waals surface area contributed by atoms with E-state index in [1.165, 1.54) is 38.4 Å². The van der Waals surface area contributed by atoms with Gasteiger partial charge in [-0.1, -0.05) is 12.1 Å². The van der Waals surface area contributed by atoms with Crippen LogP contribution in [0.1, 0.15) is 16.2 Å². The lowest BCUT2D eigenvalue weighted by molar-refractivity contribution is 0.0691. The lowest BCUT2D eigenvalue weighted by atomic mass is 10.0. The van der Waals surface area contributed by atoms with Gasteiger partial charge in [-0.2, -0.15) is 0 Å². The fourth-order valence-corrected chi connectivity index (χ4v) is 4.32. The zero-order chi connectivity index (χ0) is 22.9. The van der Waals surface area contributed by atoms with Crippen molar-refractivity contribution >= 4 is 51.8 Å². The van der Waals surface area contributed by atoms with Crippen molar-refractivity contribution in [3.8, 4) is 11.1 Å². The normalized spacial score (nSPS) is 11.9. The number of pyridine rings is 1. The molecule has 0 atom stereocenters. The SMILES string of the molecule is Cc1c(-c2cccc(S(=O)(=O)N(C)C)c2)c2nc(C(=O)O)ccc2n1C/C(F)=C/CN.Cl.Cl. The maximum absolute atomic E-state index is 14.3. The van der Waals surface area contributed by atoms with Crippen molar-refractivity contribution < 1.29 is 22.7 Å². The third kappa shape index (κ3) is 5.53. The number of benzene rings is 1. The Morgan fingerprint density at radius 3 is 2.48 bits per heavy atom. The number of rotatable bonds is 7. The number of halogens is 3. The number of nitrogens with two attached hydrogens (primary N) is 1. The highest BCUT2D eigenvalue weighted by molar-refractivity contribution is 7.89. The average Bonchev–Trinajstić information content (AvgIpc) is 2.99. The number of aromatic nitrogens is 2. The van der Waals surface area contributed by atoms with E-state index < -0.39 is 21.8 Å². The topological polar surface area (TPSA) is 119 Å². The van der Waals surface area contributed by atoms with E-state index in [1.54, 1.807) is 29.7 Å². The Kier molecular flexibility index (Phi) is 9.58. The third-order valence-electron chi connectivity index (χ3n) is 4.94. The van der Waals surface area contributed by atoms with Crippen LogP contribution in [0.15, 0.2) is 53.2 Å². The highest BCUT2D eigenvalue weighted by atomic mass is 35.5. The summed E-state index contributed by atoms with van der Waals surface area (Å²) in [6, 6.07) is 9.21. The first-order valence-corrected chi connectivity index (χ1v) is 10.8. The van der Waals surface area contributed by atoms with Crippen LogP contribution in [-0.2, 0) is 16.6 Å². The Labute approximate surface area is 203 Å². The molecule has 0 spiro atoms. The molecule has 0 saturated heterocycles. The molecule has 3 rings (SSSR count). The van der Waals surface area contributed by atoms with Crippen molar-refractivity contribution in [2.45, 2.75) is 18.4 Å². The van der Waals surface area contributed by atoms with Crippen molar-refractivity contribution in [3.63, 3.8) is 0 Å². The summed E-state index contributed by atoms with van der Waals surface area (Å²) in [5.74, 6) is -1.64. The molecule has 180 valence electrons. The predicted molar refractivity (Wildman–Crippen MR) is 130 cm³/mol. The second-order valence-electron chi connectivity index (χ2n) is 7.12. The molecule has 33 heavy (non-hydrogen) atoms. The van der Waals surface area contributed by atoms with Crippen LogP contribution in [0.5, 0.6) is 0 Å². The van der Waals surface area contributed by atoms with Gasteiger partial charge in [0.1, 0.15) is 11.5 Å². The minimum absolute atomic E-state index is 0. The Bertz CT molecular complexity index is 1310. The lowest BCUT2D eigenvalue weighted by Crippen LogP contribution is -2.22. The van der Waals surface area contributed by atoms with Crippen molar-refractivity contribution in [3.05, 3.63) is 59.7 Å². The molecule has 0 bridgehead atoms. The molecule has 0 aliphatic carbocycles. The van der Waals surface area contributed by atoms with Crippen molar-refractivity contribution in [1.82, 2.24) is 13.9 Å². The van der Waals surface area contributed by atoms with Gasteiger partial charge in [0.05, 0.1) is 22.5 Å². The molecule has 2 aromatic heterocycles. The largest absolute Gasteiger partial charge is 0.477 e. The van der Waals surface area contributed by atoms with Gasteiger partial charge >= 0.3 is 5.97 Å². The molecular formula is C21H25Cl2FN4O4S. The van der Waals surface area contributed by atoms with Crippen LogP contribution in [-0.4, -0.2) is 54.0 Å². The minimum Gasteiger partial charge on any atom is -0.477 e. The maximum Gasteiger partial charge on any atom is 0.354 e. The number of carboxylic acids is 1. The first-order chi connectivity index (χ1) is 14.6. The van der Waals surface area contributed by atoms with Gasteiger partial charge in [-0.05, 0) is 42.8 Å². The molecule has 0 aliphatic rings. The highest BCUT2D eigenvalue weighted by Gasteiger charge is 2.22. The molecule has 0 saturated carbocycles. The molecule has 8 nitrogen and oxygen atoms in total. The van der Waals surface area contributed by atoms with E-state index in [0.717, 1.165) is 4.31 Å². The predicted octanol–water partition coefficient (Wildman–Crippen LogP) is 3.62. The third-order valence-corrected chi connectivity index (χ3v) is 6.75. The quantitative estimate of drug-likeness (QED) is 0.493. The molecule has 12 heteroatoms. The molecule has 0 aliphatic heterocycles. The van der Waals surface area contributed by atoms with E-state index in [2.05, 4.69) is 4.98 Å². The van der Waals surface area contributed by atoms with E-state index in [4.69, 9.17) is 5.73 Å². The van der Waals surface area contributed by atoms with Crippen LogP contribution in [0.4, 0.5) is 4.39 Å². The Hall–Kier alpha value is -2.50. The fourth-order valence-electron chi connectivity index (χ4n) is 3.38. The van der Waals surface area contributed by atoms with Gasteiger partial charge in [0.15, 0.2) is 0 Å².